The Morgan fingerprint density at radius 3 is 2.25 bits per heavy atom. The van der Waals surface area contributed by atoms with E-state index in [0.717, 1.165) is 23.0 Å². The van der Waals surface area contributed by atoms with E-state index in [-0.39, 0.29) is 11.3 Å². The molecule has 28 heavy (non-hydrogen) atoms. The molecule has 0 bridgehead atoms. The van der Waals surface area contributed by atoms with Crippen molar-refractivity contribution >= 4 is 17.3 Å². The molecule has 0 spiro atoms. The molecule has 2 N–H and O–H groups in total. The highest BCUT2D eigenvalue weighted by molar-refractivity contribution is 6.04. The lowest BCUT2D eigenvalue weighted by Crippen LogP contribution is -2.32. The van der Waals surface area contributed by atoms with Crippen molar-refractivity contribution in [2.45, 2.75) is 61.3 Å². The van der Waals surface area contributed by atoms with E-state index in [2.05, 4.69) is 68.2 Å². The summed E-state index contributed by atoms with van der Waals surface area (Å²) in [4.78, 5) is 20.1. The summed E-state index contributed by atoms with van der Waals surface area (Å²) >= 11 is 0. The fourth-order valence-electron chi connectivity index (χ4n) is 2.09. The second-order valence-electron chi connectivity index (χ2n) is 9.07. The van der Waals surface area contributed by atoms with Crippen LogP contribution in [0.4, 0.5) is 5.69 Å². The highest BCUT2D eigenvalue weighted by Crippen LogP contribution is 2.34. The Kier molecular flexibility index (Phi) is 11.7. The molecular weight excluding hydrogens is 350 g/mol. The molecule has 1 amide bonds. The van der Waals surface area contributed by atoms with Crippen LogP contribution in [-0.4, -0.2) is 37.4 Å². The van der Waals surface area contributed by atoms with Crippen LogP contribution in [0, 0.1) is 24.2 Å². The highest BCUT2D eigenvalue weighted by Gasteiger charge is 2.26. The maximum absolute atomic E-state index is 12.4. The molecule has 1 fully saturated rings. The molecule has 1 aromatic rings. The van der Waals surface area contributed by atoms with Gasteiger partial charge in [0.1, 0.15) is 0 Å². The summed E-state index contributed by atoms with van der Waals surface area (Å²) < 4.78 is 4.25. The smallest absolute Gasteiger partial charge is 0.255 e. The van der Waals surface area contributed by atoms with Crippen molar-refractivity contribution in [2.75, 3.05) is 20.8 Å². The van der Waals surface area contributed by atoms with Crippen LogP contribution in [0.25, 0.3) is 0 Å². The molecule has 1 heterocycles. The number of carbonyl (C=O) groups is 1. The topological polar surface area (TPSA) is 66.5 Å². The zero-order valence-corrected chi connectivity index (χ0v) is 19.4. The third-order valence-corrected chi connectivity index (χ3v) is 3.51. The first-order valence-electron chi connectivity index (χ1n) is 10.0. The molecule has 1 aliphatic carbocycles. The largest absolute Gasteiger partial charge is 0.388 e. The van der Waals surface area contributed by atoms with Gasteiger partial charge in [-0.05, 0) is 37.2 Å². The Bertz CT molecular complexity index is 630. The monoisotopic (exact) mass is 391 g/mol. The van der Waals surface area contributed by atoms with Gasteiger partial charge in [0.25, 0.3) is 5.91 Å². The van der Waals surface area contributed by atoms with Crippen LogP contribution in [0.5, 0.6) is 0 Å². The van der Waals surface area contributed by atoms with E-state index < -0.39 is 0 Å². The van der Waals surface area contributed by atoms with Crippen molar-refractivity contribution in [1.29, 1.82) is 0 Å². The van der Waals surface area contributed by atoms with E-state index in [4.69, 9.17) is 0 Å². The summed E-state index contributed by atoms with van der Waals surface area (Å²) in [5, 5.41) is 2.97. The number of aliphatic imine (C=N–C) groups is 1. The zero-order chi connectivity index (χ0) is 21.9. The van der Waals surface area contributed by atoms with E-state index in [1.807, 2.05) is 6.92 Å². The summed E-state index contributed by atoms with van der Waals surface area (Å²) in [6.07, 6.45) is 5.88. The maximum Gasteiger partial charge on any atom is 0.255 e. The number of rotatable bonds is 5. The molecule has 0 aromatic carbocycles. The summed E-state index contributed by atoms with van der Waals surface area (Å²) in [6, 6.07) is 0. The Morgan fingerprint density at radius 2 is 1.86 bits per heavy atom. The molecule has 0 atom stereocenters. The van der Waals surface area contributed by atoms with Crippen molar-refractivity contribution in [1.82, 2.24) is 10.3 Å². The van der Waals surface area contributed by atoms with Gasteiger partial charge in [0.2, 0.25) is 0 Å². The normalized spacial score (nSPS) is 13.9. The molecule has 5 heteroatoms. The van der Waals surface area contributed by atoms with Gasteiger partial charge in [-0.1, -0.05) is 48.1 Å². The standard InChI is InChI=1S/C17H25N3O.C4H10.C2H6O/c1-6-14(12-7-8-12)20-15-11(2)18-9-13(15)16(21)19-10-17(3,4)5;1-4(2)3;1-3-2/h6,9,12,18H,1,7-8,10H2,2-5H3,(H,19,21);4H,1-3H3;1-2H3. The van der Waals surface area contributed by atoms with Gasteiger partial charge in [0.05, 0.1) is 11.3 Å². The average Bonchev–Trinajstić information content (AvgIpc) is 3.34. The molecule has 160 valence electrons. The number of hydrogen-bond donors (Lipinski definition) is 2. The molecular formula is C23H41N3O2. The molecule has 0 aliphatic heterocycles. The minimum Gasteiger partial charge on any atom is -0.388 e. The van der Waals surface area contributed by atoms with Crippen LogP contribution in [0.15, 0.2) is 23.8 Å². The molecule has 5 nitrogen and oxygen atoms in total. The molecule has 2 rings (SSSR count). The number of carbonyl (C=O) groups excluding carboxylic acids is 1. The first kappa shape index (κ1) is 26.1. The van der Waals surface area contributed by atoms with Crippen LogP contribution in [0.2, 0.25) is 0 Å². The van der Waals surface area contributed by atoms with Gasteiger partial charge in [0, 0.05) is 44.3 Å². The van der Waals surface area contributed by atoms with Crippen LogP contribution in [0.3, 0.4) is 0 Å². The molecule has 0 unspecified atom stereocenters. The lowest BCUT2D eigenvalue weighted by Gasteiger charge is -2.18. The van der Waals surface area contributed by atoms with Crippen molar-refractivity contribution < 1.29 is 9.53 Å². The first-order valence-corrected chi connectivity index (χ1v) is 10.0. The summed E-state index contributed by atoms with van der Waals surface area (Å²) in [5.74, 6) is 1.27. The Morgan fingerprint density at radius 1 is 1.36 bits per heavy atom. The number of ether oxygens (including phenoxy) is 1. The molecule has 1 saturated carbocycles. The molecule has 0 radical (unpaired) electrons. The number of aromatic amines is 1. The maximum atomic E-state index is 12.4. The van der Waals surface area contributed by atoms with Crippen LogP contribution in [0.1, 0.15) is 70.4 Å². The summed E-state index contributed by atoms with van der Waals surface area (Å²) in [6.45, 7) is 19.2. The average molecular weight is 392 g/mol. The Balaban J connectivity index is 0.000000904. The Hall–Kier alpha value is -1.88. The van der Waals surface area contributed by atoms with E-state index in [1.54, 1.807) is 26.5 Å². The van der Waals surface area contributed by atoms with Gasteiger partial charge in [-0.25, -0.2) is 0 Å². The van der Waals surface area contributed by atoms with Crippen molar-refractivity contribution in [3.8, 4) is 0 Å². The molecule has 1 aliphatic rings. The number of H-pyrrole nitrogens is 1. The number of amides is 1. The SMILES string of the molecule is C=CC(=Nc1c(C(=O)NCC(C)(C)C)c[nH]c1C)C1CC1.CC(C)C.COC. The van der Waals surface area contributed by atoms with Gasteiger partial charge in [-0.2, -0.15) is 0 Å². The number of methoxy groups -OCH3 is 1. The van der Waals surface area contributed by atoms with Crippen LogP contribution >= 0.6 is 0 Å². The number of aryl methyl sites for hydroxylation is 1. The predicted molar refractivity (Wildman–Crippen MR) is 121 cm³/mol. The van der Waals surface area contributed by atoms with Crippen molar-refractivity contribution in [3.63, 3.8) is 0 Å². The number of nitrogens with one attached hydrogen (secondary N) is 2. The van der Waals surface area contributed by atoms with E-state index in [9.17, 15) is 4.79 Å². The minimum atomic E-state index is -0.0766. The third kappa shape index (κ3) is 11.1. The summed E-state index contributed by atoms with van der Waals surface area (Å²) in [5.41, 5.74) is 3.31. The Labute approximate surface area is 172 Å². The van der Waals surface area contributed by atoms with Crippen molar-refractivity contribution in [3.05, 3.63) is 30.1 Å². The van der Waals surface area contributed by atoms with Gasteiger partial charge in [-0.3, -0.25) is 9.79 Å². The molecule has 0 saturated heterocycles. The van der Waals surface area contributed by atoms with Crippen LogP contribution in [-0.2, 0) is 4.74 Å². The number of hydrogen-bond acceptors (Lipinski definition) is 3. The predicted octanol–water partition coefficient (Wildman–Crippen LogP) is 5.69. The minimum absolute atomic E-state index is 0.0603. The zero-order valence-electron chi connectivity index (χ0n) is 19.4. The van der Waals surface area contributed by atoms with E-state index in [1.165, 1.54) is 12.8 Å². The third-order valence-electron chi connectivity index (χ3n) is 3.51. The van der Waals surface area contributed by atoms with Gasteiger partial charge < -0.3 is 15.0 Å². The van der Waals surface area contributed by atoms with Gasteiger partial charge >= 0.3 is 0 Å². The van der Waals surface area contributed by atoms with E-state index in [0.29, 0.717) is 18.0 Å². The van der Waals surface area contributed by atoms with E-state index >= 15 is 0 Å². The van der Waals surface area contributed by atoms with Gasteiger partial charge in [0.15, 0.2) is 0 Å². The molecule has 1 aromatic heterocycles. The van der Waals surface area contributed by atoms with Gasteiger partial charge in [-0.15, -0.1) is 0 Å². The quantitative estimate of drug-likeness (QED) is 0.633. The lowest BCUT2D eigenvalue weighted by atomic mass is 9.97. The summed E-state index contributed by atoms with van der Waals surface area (Å²) in [7, 11) is 3.25. The van der Waals surface area contributed by atoms with Crippen molar-refractivity contribution in [2.24, 2.45) is 22.2 Å². The fraction of sp³-hybridized carbons (Fsp3) is 0.652. The highest BCUT2D eigenvalue weighted by atomic mass is 16.4. The second kappa shape index (κ2) is 12.6. The van der Waals surface area contributed by atoms with Crippen LogP contribution < -0.4 is 5.32 Å². The first-order chi connectivity index (χ1) is 13.0. The fourth-order valence-corrected chi connectivity index (χ4v) is 2.09. The number of allylic oxidation sites excluding steroid dienone is 1. The number of aromatic nitrogens is 1. The second-order valence-corrected chi connectivity index (χ2v) is 9.07. The lowest BCUT2D eigenvalue weighted by molar-refractivity contribution is 0.0940. The number of nitrogens with zero attached hydrogens (tertiary/aromatic N) is 1.